The van der Waals surface area contributed by atoms with Gasteiger partial charge >= 0.3 is 0 Å². The van der Waals surface area contributed by atoms with Gasteiger partial charge in [-0.3, -0.25) is 14.3 Å². The van der Waals surface area contributed by atoms with Gasteiger partial charge in [0.25, 0.3) is 5.91 Å². The van der Waals surface area contributed by atoms with Gasteiger partial charge in [0.1, 0.15) is 5.82 Å². The zero-order valence-electron chi connectivity index (χ0n) is 13.4. The predicted octanol–water partition coefficient (Wildman–Crippen LogP) is 1.40. The SMILES string of the molecule is CNC(=O)C1(n2cccn2)CCCN(C(=O)c2cccc(F)c2)C1. The van der Waals surface area contributed by atoms with Crippen LogP contribution in [0.25, 0.3) is 0 Å². The number of piperidine rings is 1. The number of carbonyl (C=O) groups is 2. The van der Waals surface area contributed by atoms with Gasteiger partial charge in [-0.2, -0.15) is 5.10 Å². The summed E-state index contributed by atoms with van der Waals surface area (Å²) in [5.41, 5.74) is -0.664. The normalized spacial score (nSPS) is 20.7. The lowest BCUT2D eigenvalue weighted by Gasteiger charge is -2.41. The fourth-order valence-corrected chi connectivity index (χ4v) is 3.24. The molecule has 1 N–H and O–H groups in total. The molecule has 1 aliphatic rings. The summed E-state index contributed by atoms with van der Waals surface area (Å²) in [6.07, 6.45) is 4.58. The maximum Gasteiger partial charge on any atom is 0.254 e. The summed E-state index contributed by atoms with van der Waals surface area (Å²) in [5.74, 6) is -0.930. The van der Waals surface area contributed by atoms with Gasteiger partial charge in [-0.05, 0) is 37.1 Å². The summed E-state index contributed by atoms with van der Waals surface area (Å²) in [6.45, 7) is 0.721. The fraction of sp³-hybridized carbons (Fsp3) is 0.353. The Morgan fingerprint density at radius 2 is 2.17 bits per heavy atom. The van der Waals surface area contributed by atoms with E-state index < -0.39 is 11.4 Å². The standard InChI is InChI=1S/C17H19FN4O2/c1-19-16(24)17(22-10-4-8-20-22)7-3-9-21(12-17)15(23)13-5-2-6-14(18)11-13/h2,4-6,8,10-11H,3,7,9,12H2,1H3,(H,19,24). The number of halogens is 1. The van der Waals surface area contributed by atoms with Crippen LogP contribution in [0.4, 0.5) is 4.39 Å². The van der Waals surface area contributed by atoms with Crippen LogP contribution in [-0.4, -0.2) is 46.6 Å². The molecule has 7 heteroatoms. The van der Waals surface area contributed by atoms with Gasteiger partial charge in [0.05, 0.1) is 6.54 Å². The second kappa shape index (κ2) is 6.43. The van der Waals surface area contributed by atoms with E-state index in [1.807, 2.05) is 0 Å². The number of nitrogens with one attached hydrogen (secondary N) is 1. The molecule has 0 saturated carbocycles. The number of aromatic nitrogens is 2. The van der Waals surface area contributed by atoms with Crippen molar-refractivity contribution in [2.75, 3.05) is 20.1 Å². The van der Waals surface area contributed by atoms with Crippen LogP contribution >= 0.6 is 0 Å². The first-order chi connectivity index (χ1) is 11.6. The van der Waals surface area contributed by atoms with Gasteiger partial charge in [-0.1, -0.05) is 6.07 Å². The zero-order chi connectivity index (χ0) is 17.2. The van der Waals surface area contributed by atoms with E-state index in [0.29, 0.717) is 19.4 Å². The Hall–Kier alpha value is -2.70. The molecule has 3 rings (SSSR count). The Morgan fingerprint density at radius 3 is 2.83 bits per heavy atom. The van der Waals surface area contributed by atoms with Crippen molar-refractivity contribution in [3.05, 3.63) is 54.1 Å². The molecular weight excluding hydrogens is 311 g/mol. The van der Waals surface area contributed by atoms with Crippen LogP contribution in [0.15, 0.2) is 42.7 Å². The van der Waals surface area contributed by atoms with Gasteiger partial charge < -0.3 is 10.2 Å². The molecule has 1 aliphatic heterocycles. The Balaban J connectivity index is 1.92. The molecule has 1 aromatic heterocycles. The molecule has 24 heavy (non-hydrogen) atoms. The van der Waals surface area contributed by atoms with Crippen molar-refractivity contribution in [1.29, 1.82) is 0 Å². The molecule has 0 spiro atoms. The highest BCUT2D eigenvalue weighted by atomic mass is 19.1. The lowest BCUT2D eigenvalue weighted by molar-refractivity contribution is -0.132. The van der Waals surface area contributed by atoms with Gasteiger partial charge in [0.15, 0.2) is 5.54 Å². The van der Waals surface area contributed by atoms with E-state index in [9.17, 15) is 14.0 Å². The molecule has 1 atom stereocenters. The van der Waals surface area contributed by atoms with E-state index in [4.69, 9.17) is 0 Å². The molecule has 2 heterocycles. The molecule has 1 aromatic carbocycles. The molecule has 0 bridgehead atoms. The van der Waals surface area contributed by atoms with Crippen molar-refractivity contribution in [3.63, 3.8) is 0 Å². The third-order valence-electron chi connectivity index (χ3n) is 4.42. The van der Waals surface area contributed by atoms with Crippen molar-refractivity contribution in [2.45, 2.75) is 18.4 Å². The third kappa shape index (κ3) is 2.77. The summed E-state index contributed by atoms with van der Waals surface area (Å²) in [4.78, 5) is 26.9. The second-order valence-electron chi connectivity index (χ2n) is 5.90. The van der Waals surface area contributed by atoms with Gasteiger partial charge in [0.2, 0.25) is 5.91 Å². The molecule has 1 unspecified atom stereocenters. The van der Waals surface area contributed by atoms with E-state index in [-0.39, 0.29) is 23.9 Å². The number of likely N-dealkylation sites (N-methyl/N-ethyl adjacent to an activating group) is 1. The predicted molar refractivity (Wildman–Crippen MR) is 85.8 cm³/mol. The van der Waals surface area contributed by atoms with E-state index in [0.717, 1.165) is 0 Å². The van der Waals surface area contributed by atoms with Crippen LogP contribution in [0.1, 0.15) is 23.2 Å². The van der Waals surface area contributed by atoms with E-state index in [1.165, 1.54) is 18.2 Å². The van der Waals surface area contributed by atoms with Gasteiger partial charge in [0, 0.05) is 31.5 Å². The highest BCUT2D eigenvalue weighted by Gasteiger charge is 2.45. The molecule has 2 aromatic rings. The van der Waals surface area contributed by atoms with Crippen molar-refractivity contribution in [1.82, 2.24) is 20.0 Å². The van der Waals surface area contributed by atoms with Crippen molar-refractivity contribution in [3.8, 4) is 0 Å². The first-order valence-corrected chi connectivity index (χ1v) is 7.84. The van der Waals surface area contributed by atoms with Crippen LogP contribution in [0.2, 0.25) is 0 Å². The quantitative estimate of drug-likeness (QED) is 0.925. The van der Waals surface area contributed by atoms with Crippen LogP contribution in [0.3, 0.4) is 0 Å². The fourth-order valence-electron chi connectivity index (χ4n) is 3.24. The first kappa shape index (κ1) is 16.2. The second-order valence-corrected chi connectivity index (χ2v) is 5.90. The average Bonchev–Trinajstić information content (AvgIpc) is 3.15. The number of rotatable bonds is 3. The van der Waals surface area contributed by atoms with E-state index >= 15 is 0 Å². The molecule has 126 valence electrons. The minimum absolute atomic E-state index is 0.192. The van der Waals surface area contributed by atoms with E-state index in [1.54, 1.807) is 41.2 Å². The summed E-state index contributed by atoms with van der Waals surface area (Å²) < 4.78 is 15.0. The van der Waals surface area contributed by atoms with Crippen molar-refractivity contribution < 1.29 is 14.0 Å². The lowest BCUT2D eigenvalue weighted by atomic mass is 9.87. The minimum atomic E-state index is -0.945. The number of nitrogens with zero attached hydrogens (tertiary/aromatic N) is 3. The Morgan fingerprint density at radius 1 is 1.33 bits per heavy atom. The zero-order valence-corrected chi connectivity index (χ0v) is 13.4. The number of likely N-dealkylation sites (tertiary alicyclic amines) is 1. The number of carbonyl (C=O) groups excluding carboxylic acids is 2. The molecule has 1 fully saturated rings. The summed E-state index contributed by atoms with van der Waals surface area (Å²) in [7, 11) is 1.57. The number of hydrogen-bond acceptors (Lipinski definition) is 3. The Bertz CT molecular complexity index is 747. The highest BCUT2D eigenvalue weighted by molar-refractivity contribution is 5.95. The Kier molecular flexibility index (Phi) is 4.33. The van der Waals surface area contributed by atoms with Gasteiger partial charge in [-0.15, -0.1) is 0 Å². The minimum Gasteiger partial charge on any atom is -0.357 e. The highest BCUT2D eigenvalue weighted by Crippen LogP contribution is 2.29. The molecule has 2 amide bonds. The van der Waals surface area contributed by atoms with Crippen LogP contribution in [0.5, 0.6) is 0 Å². The first-order valence-electron chi connectivity index (χ1n) is 7.84. The summed E-state index contributed by atoms with van der Waals surface area (Å²) >= 11 is 0. The summed E-state index contributed by atoms with van der Waals surface area (Å²) in [5, 5.41) is 6.89. The number of benzene rings is 1. The third-order valence-corrected chi connectivity index (χ3v) is 4.42. The van der Waals surface area contributed by atoms with Crippen molar-refractivity contribution in [2.24, 2.45) is 0 Å². The lowest BCUT2D eigenvalue weighted by Crippen LogP contribution is -2.59. The Labute approximate surface area is 139 Å². The van der Waals surface area contributed by atoms with Gasteiger partial charge in [-0.25, -0.2) is 4.39 Å². The average molecular weight is 330 g/mol. The van der Waals surface area contributed by atoms with Crippen molar-refractivity contribution >= 4 is 11.8 Å². The maximum absolute atomic E-state index is 13.4. The number of amides is 2. The molecule has 0 radical (unpaired) electrons. The van der Waals surface area contributed by atoms with Crippen LogP contribution in [0, 0.1) is 5.82 Å². The number of hydrogen-bond donors (Lipinski definition) is 1. The topological polar surface area (TPSA) is 67.2 Å². The maximum atomic E-state index is 13.4. The molecule has 0 aliphatic carbocycles. The molecule has 1 saturated heterocycles. The van der Waals surface area contributed by atoms with E-state index in [2.05, 4.69) is 10.4 Å². The smallest absolute Gasteiger partial charge is 0.254 e. The monoisotopic (exact) mass is 330 g/mol. The molecule has 6 nitrogen and oxygen atoms in total. The van der Waals surface area contributed by atoms with Crippen LogP contribution < -0.4 is 5.32 Å². The largest absolute Gasteiger partial charge is 0.357 e. The molecular formula is C17H19FN4O2. The van der Waals surface area contributed by atoms with Crippen LogP contribution in [-0.2, 0) is 10.3 Å². The summed E-state index contributed by atoms with van der Waals surface area (Å²) in [6, 6.07) is 7.34.